The summed E-state index contributed by atoms with van der Waals surface area (Å²) in [5.41, 5.74) is 1.83. The molecule has 0 spiro atoms. The van der Waals surface area contributed by atoms with Gasteiger partial charge in [-0.25, -0.2) is 8.42 Å². The molecule has 0 bridgehead atoms. The molecule has 194 valence electrons. The SMILES string of the molecule is Cc1ccc(S(=O)(=O)N(CC(=O)Nc2ccccc2C(=O)NC[C@H]2CCCO2)c2ccc(Br)cc2)cc1. The number of hydrogen-bond acceptors (Lipinski definition) is 5. The number of nitrogens with zero attached hydrogens (tertiary/aromatic N) is 1. The van der Waals surface area contributed by atoms with E-state index in [4.69, 9.17) is 4.74 Å². The van der Waals surface area contributed by atoms with Crippen molar-refractivity contribution in [1.82, 2.24) is 5.32 Å². The Bertz CT molecular complexity index is 1360. The zero-order chi connectivity index (χ0) is 26.4. The van der Waals surface area contributed by atoms with Gasteiger partial charge in [-0.2, -0.15) is 0 Å². The molecule has 2 N–H and O–H groups in total. The fourth-order valence-corrected chi connectivity index (χ4v) is 5.66. The second-order valence-corrected chi connectivity index (χ2v) is 11.5. The van der Waals surface area contributed by atoms with Gasteiger partial charge in [0, 0.05) is 17.6 Å². The average molecular weight is 587 g/mol. The Morgan fingerprint density at radius 3 is 2.41 bits per heavy atom. The van der Waals surface area contributed by atoms with Gasteiger partial charge in [-0.3, -0.25) is 13.9 Å². The Kier molecular flexibility index (Phi) is 8.63. The Morgan fingerprint density at radius 2 is 1.73 bits per heavy atom. The summed E-state index contributed by atoms with van der Waals surface area (Å²) in [5.74, 6) is -0.929. The largest absolute Gasteiger partial charge is 0.376 e. The molecule has 1 saturated heterocycles. The summed E-state index contributed by atoms with van der Waals surface area (Å²) in [7, 11) is -4.05. The first-order valence-electron chi connectivity index (χ1n) is 11.9. The molecule has 1 aliphatic heterocycles. The van der Waals surface area contributed by atoms with E-state index in [0.29, 0.717) is 24.5 Å². The van der Waals surface area contributed by atoms with Gasteiger partial charge in [-0.1, -0.05) is 45.8 Å². The second kappa shape index (κ2) is 11.9. The third-order valence-corrected chi connectivity index (χ3v) is 8.29. The van der Waals surface area contributed by atoms with E-state index in [0.717, 1.165) is 27.2 Å². The number of carbonyl (C=O) groups is 2. The first-order chi connectivity index (χ1) is 17.7. The minimum absolute atomic E-state index is 0.0165. The van der Waals surface area contributed by atoms with E-state index in [2.05, 4.69) is 26.6 Å². The van der Waals surface area contributed by atoms with Crippen molar-refractivity contribution in [2.45, 2.75) is 30.8 Å². The van der Waals surface area contributed by atoms with Crippen LogP contribution in [-0.2, 0) is 19.6 Å². The molecular weight excluding hydrogens is 558 g/mol. The number of rotatable bonds is 9. The number of carbonyl (C=O) groups excluding carboxylic acids is 2. The van der Waals surface area contributed by atoms with Crippen LogP contribution in [0.1, 0.15) is 28.8 Å². The van der Waals surface area contributed by atoms with Gasteiger partial charge in [0.1, 0.15) is 6.54 Å². The predicted octanol–water partition coefficient (Wildman–Crippen LogP) is 4.50. The van der Waals surface area contributed by atoms with E-state index in [-0.39, 0.29) is 22.5 Å². The number of hydrogen-bond donors (Lipinski definition) is 2. The molecule has 4 rings (SSSR count). The molecule has 0 aromatic heterocycles. The molecule has 1 atom stereocenters. The van der Waals surface area contributed by atoms with Gasteiger partial charge < -0.3 is 15.4 Å². The van der Waals surface area contributed by atoms with Crippen molar-refractivity contribution in [1.29, 1.82) is 0 Å². The van der Waals surface area contributed by atoms with Crippen molar-refractivity contribution in [2.24, 2.45) is 0 Å². The van der Waals surface area contributed by atoms with Crippen molar-refractivity contribution in [3.63, 3.8) is 0 Å². The summed E-state index contributed by atoms with van der Waals surface area (Å²) < 4.78 is 34.5. The van der Waals surface area contributed by atoms with E-state index in [1.807, 2.05) is 6.92 Å². The molecule has 1 aliphatic rings. The van der Waals surface area contributed by atoms with Crippen molar-refractivity contribution in [2.75, 3.05) is 29.3 Å². The smallest absolute Gasteiger partial charge is 0.264 e. The van der Waals surface area contributed by atoms with Crippen LogP contribution in [0, 0.1) is 6.92 Å². The molecule has 0 unspecified atom stereocenters. The molecule has 2 amide bonds. The average Bonchev–Trinajstić information content (AvgIpc) is 3.41. The summed E-state index contributed by atoms with van der Waals surface area (Å²) in [6.45, 7) is 2.45. The van der Waals surface area contributed by atoms with Crippen LogP contribution in [0.2, 0.25) is 0 Å². The standard InChI is InChI=1S/C27H28BrN3O5S/c1-19-8-14-23(15-9-19)37(34,35)31(21-12-10-20(28)11-13-21)18-26(32)30-25-7-3-2-6-24(25)27(33)29-17-22-5-4-16-36-22/h2-3,6-15,22H,4-5,16-18H2,1H3,(H,29,33)(H,30,32)/t22-/m1/s1. The van der Waals surface area contributed by atoms with Crippen LogP contribution < -0.4 is 14.9 Å². The molecule has 0 radical (unpaired) electrons. The Balaban J connectivity index is 1.55. The van der Waals surface area contributed by atoms with Crippen LogP contribution in [0.3, 0.4) is 0 Å². The van der Waals surface area contributed by atoms with E-state index in [1.54, 1.807) is 60.7 Å². The van der Waals surface area contributed by atoms with Crippen molar-refractivity contribution in [3.05, 3.63) is 88.4 Å². The molecule has 3 aromatic rings. The minimum Gasteiger partial charge on any atom is -0.376 e. The molecule has 1 fully saturated rings. The first-order valence-corrected chi connectivity index (χ1v) is 14.1. The van der Waals surface area contributed by atoms with Gasteiger partial charge in [-0.05, 0) is 68.3 Å². The van der Waals surface area contributed by atoms with Crippen LogP contribution in [0.4, 0.5) is 11.4 Å². The van der Waals surface area contributed by atoms with Crippen LogP contribution >= 0.6 is 15.9 Å². The number of para-hydroxylation sites is 1. The summed E-state index contributed by atoms with van der Waals surface area (Å²) >= 11 is 3.36. The van der Waals surface area contributed by atoms with Crippen LogP contribution in [0.25, 0.3) is 0 Å². The van der Waals surface area contributed by atoms with Crippen molar-refractivity contribution < 1.29 is 22.7 Å². The van der Waals surface area contributed by atoms with Gasteiger partial charge in [0.2, 0.25) is 5.91 Å². The molecule has 3 aromatic carbocycles. The number of aryl methyl sites for hydroxylation is 1. The lowest BCUT2D eigenvalue weighted by molar-refractivity contribution is -0.114. The third-order valence-electron chi connectivity index (χ3n) is 5.97. The molecule has 0 saturated carbocycles. The first kappa shape index (κ1) is 26.8. The lowest BCUT2D eigenvalue weighted by Crippen LogP contribution is -2.38. The van der Waals surface area contributed by atoms with E-state index in [1.165, 1.54) is 12.1 Å². The highest BCUT2D eigenvalue weighted by atomic mass is 79.9. The minimum atomic E-state index is -4.05. The zero-order valence-electron chi connectivity index (χ0n) is 20.3. The van der Waals surface area contributed by atoms with E-state index in [9.17, 15) is 18.0 Å². The normalized spacial score (nSPS) is 15.2. The van der Waals surface area contributed by atoms with Gasteiger partial charge in [-0.15, -0.1) is 0 Å². The predicted molar refractivity (Wildman–Crippen MR) is 146 cm³/mol. The maximum atomic E-state index is 13.6. The number of ether oxygens (including phenoxy) is 1. The van der Waals surface area contributed by atoms with Gasteiger partial charge in [0.05, 0.1) is 27.9 Å². The third kappa shape index (κ3) is 6.76. The topological polar surface area (TPSA) is 105 Å². The molecule has 1 heterocycles. The van der Waals surface area contributed by atoms with Gasteiger partial charge >= 0.3 is 0 Å². The fraction of sp³-hybridized carbons (Fsp3) is 0.259. The number of nitrogens with one attached hydrogen (secondary N) is 2. The number of halogens is 1. The van der Waals surface area contributed by atoms with Crippen LogP contribution in [-0.4, -0.2) is 46.0 Å². The molecular formula is C27H28BrN3O5S. The zero-order valence-corrected chi connectivity index (χ0v) is 22.7. The number of amides is 2. The van der Waals surface area contributed by atoms with Gasteiger partial charge in [0.25, 0.3) is 15.9 Å². The molecule has 8 nitrogen and oxygen atoms in total. The highest BCUT2D eigenvalue weighted by Gasteiger charge is 2.28. The Morgan fingerprint density at radius 1 is 1.03 bits per heavy atom. The van der Waals surface area contributed by atoms with Crippen molar-refractivity contribution in [3.8, 4) is 0 Å². The Labute approximate surface area is 225 Å². The number of sulfonamides is 1. The van der Waals surface area contributed by atoms with Gasteiger partial charge in [0.15, 0.2) is 0 Å². The lowest BCUT2D eigenvalue weighted by atomic mass is 10.1. The maximum Gasteiger partial charge on any atom is 0.264 e. The van der Waals surface area contributed by atoms with Crippen LogP contribution in [0.5, 0.6) is 0 Å². The second-order valence-electron chi connectivity index (χ2n) is 8.74. The number of anilines is 2. The summed E-state index contributed by atoms with van der Waals surface area (Å²) in [4.78, 5) is 26.1. The highest BCUT2D eigenvalue weighted by Crippen LogP contribution is 2.26. The monoisotopic (exact) mass is 585 g/mol. The Hall–Kier alpha value is -3.21. The van der Waals surface area contributed by atoms with Crippen LogP contribution in [0.15, 0.2) is 82.2 Å². The molecule has 37 heavy (non-hydrogen) atoms. The van der Waals surface area contributed by atoms with Crippen molar-refractivity contribution >= 4 is 49.1 Å². The number of benzene rings is 3. The summed E-state index contributed by atoms with van der Waals surface area (Å²) in [5, 5.41) is 5.57. The quantitative estimate of drug-likeness (QED) is 0.384. The summed E-state index contributed by atoms with van der Waals surface area (Å²) in [6.07, 6.45) is 1.84. The molecule has 0 aliphatic carbocycles. The highest BCUT2D eigenvalue weighted by molar-refractivity contribution is 9.10. The molecule has 10 heteroatoms. The van der Waals surface area contributed by atoms with E-state index >= 15 is 0 Å². The van der Waals surface area contributed by atoms with E-state index < -0.39 is 22.5 Å². The maximum absolute atomic E-state index is 13.6. The lowest BCUT2D eigenvalue weighted by Gasteiger charge is -2.24. The summed E-state index contributed by atoms with van der Waals surface area (Å²) in [6, 6.07) is 19.7. The fourth-order valence-electron chi connectivity index (χ4n) is 3.98.